The Balaban J connectivity index is 2.30. The van der Waals surface area contributed by atoms with Gasteiger partial charge in [0, 0.05) is 11.9 Å². The van der Waals surface area contributed by atoms with Crippen LogP contribution in [0.5, 0.6) is 0 Å². The number of alkyl halides is 3. The summed E-state index contributed by atoms with van der Waals surface area (Å²) in [5, 5.41) is 0.701. The Morgan fingerprint density at radius 2 is 1.96 bits per heavy atom. The fourth-order valence-corrected chi connectivity index (χ4v) is 3.22. The number of fused-ring (bicyclic) bond motifs is 3. The lowest BCUT2D eigenvalue weighted by molar-refractivity contribution is -0.139. The molecule has 3 rings (SSSR count). The van der Waals surface area contributed by atoms with E-state index in [0.717, 1.165) is 5.56 Å². The number of rotatable bonds is 3. The van der Waals surface area contributed by atoms with E-state index in [2.05, 4.69) is 25.9 Å². The Labute approximate surface area is 139 Å². The van der Waals surface area contributed by atoms with Gasteiger partial charge in [-0.1, -0.05) is 6.07 Å². The van der Waals surface area contributed by atoms with Crippen molar-refractivity contribution in [3.63, 3.8) is 0 Å². The van der Waals surface area contributed by atoms with Crippen LogP contribution in [-0.2, 0) is 13.1 Å². The first-order chi connectivity index (χ1) is 10.8. The predicted octanol–water partition coefficient (Wildman–Crippen LogP) is 3.97. The van der Waals surface area contributed by atoms with Crippen molar-refractivity contribution >= 4 is 37.9 Å². The monoisotopic (exact) mass is 386 g/mol. The van der Waals surface area contributed by atoms with Gasteiger partial charge < -0.3 is 9.47 Å². The van der Waals surface area contributed by atoms with Crippen molar-refractivity contribution in [2.75, 3.05) is 14.1 Å². The molecular formula is C15H14BrF3N4. The maximum absolute atomic E-state index is 13.0. The number of halogens is 4. The van der Waals surface area contributed by atoms with E-state index in [1.165, 1.54) is 10.9 Å². The summed E-state index contributed by atoms with van der Waals surface area (Å²) in [6.45, 7) is -0.375. The van der Waals surface area contributed by atoms with E-state index < -0.39 is 12.7 Å². The van der Waals surface area contributed by atoms with Crippen molar-refractivity contribution in [2.45, 2.75) is 19.3 Å². The van der Waals surface area contributed by atoms with Crippen LogP contribution in [0.4, 0.5) is 13.2 Å². The highest BCUT2D eigenvalue weighted by Gasteiger charge is 2.30. The molecule has 122 valence electrons. The highest BCUT2D eigenvalue weighted by Crippen LogP contribution is 2.34. The summed E-state index contributed by atoms with van der Waals surface area (Å²) in [4.78, 5) is 10.2. The molecule has 23 heavy (non-hydrogen) atoms. The molecule has 8 heteroatoms. The lowest BCUT2D eigenvalue weighted by Crippen LogP contribution is -2.17. The normalized spacial score (nSPS) is 12.7. The fraction of sp³-hybridized carbons (Fsp3) is 0.333. The van der Waals surface area contributed by atoms with Gasteiger partial charge in [0.2, 0.25) is 0 Å². The van der Waals surface area contributed by atoms with Crippen LogP contribution in [0.2, 0.25) is 0 Å². The molecule has 0 aliphatic heterocycles. The summed E-state index contributed by atoms with van der Waals surface area (Å²) >= 11 is 3.24. The predicted molar refractivity (Wildman–Crippen MR) is 86.2 cm³/mol. The van der Waals surface area contributed by atoms with Crippen molar-refractivity contribution in [1.29, 1.82) is 0 Å². The largest absolute Gasteiger partial charge is 0.406 e. The van der Waals surface area contributed by atoms with E-state index in [9.17, 15) is 13.2 Å². The summed E-state index contributed by atoms with van der Waals surface area (Å²) in [6.07, 6.45) is -2.97. The second-order valence-corrected chi connectivity index (χ2v) is 6.40. The van der Waals surface area contributed by atoms with Crippen LogP contribution in [0.25, 0.3) is 21.9 Å². The Kier molecular flexibility index (Phi) is 4.05. The number of hydrogen-bond donors (Lipinski definition) is 0. The summed E-state index contributed by atoms with van der Waals surface area (Å²) in [5.74, 6) is 0. The fourth-order valence-electron chi connectivity index (χ4n) is 2.73. The molecule has 0 saturated heterocycles. The number of hydrogen-bond acceptors (Lipinski definition) is 3. The topological polar surface area (TPSA) is 34.0 Å². The molecule has 0 spiro atoms. The van der Waals surface area contributed by atoms with Crippen LogP contribution >= 0.6 is 15.9 Å². The summed E-state index contributed by atoms with van der Waals surface area (Å²) in [7, 11) is 3.88. The van der Waals surface area contributed by atoms with E-state index in [4.69, 9.17) is 0 Å². The molecule has 0 fully saturated rings. The standard InChI is InChI=1S/C15H14BrF3N4/c1-22(2)6-9-3-4-11-10(5-9)12-13(14(16)21-8-20-12)23(11)7-15(17,18)19/h3-5,8H,6-7H2,1-2H3. The van der Waals surface area contributed by atoms with Gasteiger partial charge in [-0.15, -0.1) is 0 Å². The summed E-state index contributed by atoms with van der Waals surface area (Å²) < 4.78 is 40.5. The summed E-state index contributed by atoms with van der Waals surface area (Å²) in [5.41, 5.74) is 2.40. The highest BCUT2D eigenvalue weighted by molar-refractivity contribution is 9.10. The molecule has 0 unspecified atom stereocenters. The first kappa shape index (κ1) is 16.2. The Morgan fingerprint density at radius 1 is 1.22 bits per heavy atom. The zero-order valence-corrected chi connectivity index (χ0v) is 14.1. The van der Waals surface area contributed by atoms with E-state index in [1.807, 2.05) is 31.1 Å². The zero-order valence-electron chi connectivity index (χ0n) is 12.5. The van der Waals surface area contributed by atoms with Crippen LogP contribution in [0.3, 0.4) is 0 Å². The molecule has 2 aromatic heterocycles. The average Bonchev–Trinajstić information content (AvgIpc) is 2.72. The van der Waals surface area contributed by atoms with Crippen molar-refractivity contribution < 1.29 is 13.2 Å². The minimum Gasteiger partial charge on any atom is -0.328 e. The number of aromatic nitrogens is 3. The Hall–Kier alpha value is -1.67. The van der Waals surface area contributed by atoms with Crippen molar-refractivity contribution in [3.8, 4) is 0 Å². The third-order valence-electron chi connectivity index (χ3n) is 3.49. The molecule has 1 aromatic carbocycles. The minimum atomic E-state index is -4.32. The molecule has 3 aromatic rings. The van der Waals surface area contributed by atoms with Gasteiger partial charge in [0.1, 0.15) is 28.5 Å². The molecule has 0 aliphatic rings. The highest BCUT2D eigenvalue weighted by atomic mass is 79.9. The third-order valence-corrected chi connectivity index (χ3v) is 4.07. The molecule has 0 atom stereocenters. The van der Waals surface area contributed by atoms with Crippen LogP contribution in [0.1, 0.15) is 5.56 Å². The van der Waals surface area contributed by atoms with Gasteiger partial charge in [-0.05, 0) is 47.7 Å². The molecule has 4 nitrogen and oxygen atoms in total. The molecule has 0 aliphatic carbocycles. The zero-order chi connectivity index (χ0) is 16.8. The van der Waals surface area contributed by atoms with Gasteiger partial charge in [-0.2, -0.15) is 13.2 Å². The summed E-state index contributed by atoms with van der Waals surface area (Å²) in [6, 6.07) is 5.45. The van der Waals surface area contributed by atoms with E-state index in [0.29, 0.717) is 33.1 Å². The van der Waals surface area contributed by atoms with Crippen LogP contribution in [0, 0.1) is 0 Å². The molecule has 0 N–H and O–H groups in total. The molecule has 0 radical (unpaired) electrons. The van der Waals surface area contributed by atoms with Crippen LogP contribution in [0.15, 0.2) is 29.1 Å². The maximum atomic E-state index is 13.0. The van der Waals surface area contributed by atoms with E-state index >= 15 is 0 Å². The number of benzene rings is 1. The average molecular weight is 387 g/mol. The van der Waals surface area contributed by atoms with E-state index in [1.54, 1.807) is 6.07 Å². The second kappa shape index (κ2) is 5.76. The quantitative estimate of drug-likeness (QED) is 0.638. The van der Waals surface area contributed by atoms with Gasteiger partial charge in [-0.25, -0.2) is 9.97 Å². The Bertz CT molecular complexity index is 870. The molecule has 0 amide bonds. The molecule has 0 saturated carbocycles. The second-order valence-electron chi connectivity index (χ2n) is 5.65. The lowest BCUT2D eigenvalue weighted by Gasteiger charge is -2.12. The van der Waals surface area contributed by atoms with E-state index in [-0.39, 0.29) is 0 Å². The van der Waals surface area contributed by atoms with Gasteiger partial charge in [0.05, 0.1) is 5.52 Å². The Morgan fingerprint density at radius 3 is 2.61 bits per heavy atom. The first-order valence-corrected chi connectivity index (χ1v) is 7.68. The van der Waals surface area contributed by atoms with Gasteiger partial charge >= 0.3 is 6.18 Å². The van der Waals surface area contributed by atoms with Crippen molar-refractivity contribution in [2.24, 2.45) is 0 Å². The molecule has 0 bridgehead atoms. The van der Waals surface area contributed by atoms with Gasteiger partial charge in [0.25, 0.3) is 0 Å². The first-order valence-electron chi connectivity index (χ1n) is 6.89. The minimum absolute atomic E-state index is 0.358. The smallest absolute Gasteiger partial charge is 0.328 e. The van der Waals surface area contributed by atoms with Crippen molar-refractivity contribution in [3.05, 3.63) is 34.7 Å². The molecular weight excluding hydrogens is 373 g/mol. The maximum Gasteiger partial charge on any atom is 0.406 e. The van der Waals surface area contributed by atoms with Crippen LogP contribution < -0.4 is 0 Å². The van der Waals surface area contributed by atoms with Crippen LogP contribution in [-0.4, -0.2) is 39.7 Å². The SMILES string of the molecule is CN(C)Cc1ccc2c(c1)c1ncnc(Br)c1n2CC(F)(F)F. The lowest BCUT2D eigenvalue weighted by atomic mass is 10.1. The third kappa shape index (κ3) is 3.18. The van der Waals surface area contributed by atoms with Gasteiger partial charge in [0.15, 0.2) is 0 Å². The number of nitrogens with zero attached hydrogens (tertiary/aromatic N) is 4. The van der Waals surface area contributed by atoms with Gasteiger partial charge in [-0.3, -0.25) is 0 Å². The molecule has 2 heterocycles. The van der Waals surface area contributed by atoms with Crippen molar-refractivity contribution in [1.82, 2.24) is 19.4 Å².